The van der Waals surface area contributed by atoms with Crippen molar-refractivity contribution in [3.8, 4) is 41.8 Å². The molecular weight excluding hydrogens is 719 g/mol. The molecule has 1 aliphatic carbocycles. The van der Waals surface area contributed by atoms with E-state index in [9.17, 15) is 0 Å². The van der Waals surface area contributed by atoms with Gasteiger partial charge >= 0.3 is 17.8 Å². The molecule has 0 N–H and O–H groups in total. The number of hydrogen-bond donors (Lipinski definition) is 0. The van der Waals surface area contributed by atoms with E-state index in [-0.39, 0.29) is 31.7 Å². The Balaban J connectivity index is 1.56. The second kappa shape index (κ2) is 12.9. The predicted molar refractivity (Wildman–Crippen MR) is 209 cm³/mol. The van der Waals surface area contributed by atoms with Crippen LogP contribution in [0.2, 0.25) is 0 Å². The van der Waals surface area contributed by atoms with Crippen LogP contribution in [0, 0.1) is 0 Å². The molecule has 272 valence electrons. The standard InChI is InChI=1S/C45H38F6S2/c1-41(2,3)31-21-17-29(18-22-31)39-33(25-35(52-39)27-13-9-7-10-14-27)37-38(44(48,49)45(50,51)43(37,46)47)34-26-36(28-15-11-8-12-16-28)53-40(34)30-19-23-32(24-20-30)42(4,5)6/h7-26H,1-6H3. The average Bonchev–Trinajstić information content (AvgIpc) is 3.78. The summed E-state index contributed by atoms with van der Waals surface area (Å²) >= 11 is 2.23. The Morgan fingerprint density at radius 2 is 0.736 bits per heavy atom. The van der Waals surface area contributed by atoms with Crippen molar-refractivity contribution in [3.05, 3.63) is 144 Å². The number of hydrogen-bond acceptors (Lipinski definition) is 2. The van der Waals surface area contributed by atoms with E-state index in [1.54, 1.807) is 84.9 Å². The molecule has 0 radical (unpaired) electrons. The van der Waals surface area contributed by atoms with Crippen LogP contribution in [0.4, 0.5) is 26.3 Å². The summed E-state index contributed by atoms with van der Waals surface area (Å²) in [5.74, 6) is -16.2. The van der Waals surface area contributed by atoms with Crippen molar-refractivity contribution in [3.63, 3.8) is 0 Å². The Hall–Kier alpha value is -4.40. The van der Waals surface area contributed by atoms with E-state index in [4.69, 9.17) is 0 Å². The molecule has 0 bridgehead atoms. The summed E-state index contributed by atoms with van der Waals surface area (Å²) < 4.78 is 98.3. The van der Waals surface area contributed by atoms with Crippen molar-refractivity contribution < 1.29 is 26.3 Å². The van der Waals surface area contributed by atoms with Crippen molar-refractivity contribution in [2.75, 3.05) is 0 Å². The van der Waals surface area contributed by atoms with Crippen molar-refractivity contribution in [1.29, 1.82) is 0 Å². The molecule has 6 aromatic rings. The normalized spacial score (nSPS) is 16.7. The zero-order valence-corrected chi connectivity index (χ0v) is 31.8. The highest BCUT2D eigenvalue weighted by atomic mass is 32.1. The predicted octanol–water partition coefficient (Wildman–Crippen LogP) is 14.9. The molecule has 0 nitrogen and oxygen atoms in total. The number of allylic oxidation sites excluding steroid dienone is 2. The number of halogens is 6. The van der Waals surface area contributed by atoms with Gasteiger partial charge in [0.05, 0.1) is 0 Å². The summed E-state index contributed by atoms with van der Waals surface area (Å²) in [6, 6.07) is 35.0. The van der Waals surface area contributed by atoms with Gasteiger partial charge in [-0.15, -0.1) is 22.7 Å². The van der Waals surface area contributed by atoms with Gasteiger partial charge in [-0.05, 0) is 56.3 Å². The molecule has 53 heavy (non-hydrogen) atoms. The SMILES string of the molecule is CC(C)(C)c1ccc(-c2sc(-c3ccccc3)cc2C2=C(c3cc(-c4ccccc4)sc3-c3ccc(C(C)(C)C)cc3)C(F)(F)C(F)(F)C2(F)F)cc1. The highest BCUT2D eigenvalue weighted by molar-refractivity contribution is 7.19. The van der Waals surface area contributed by atoms with Crippen LogP contribution in [0.1, 0.15) is 63.8 Å². The van der Waals surface area contributed by atoms with Crippen molar-refractivity contribution in [1.82, 2.24) is 0 Å². The van der Waals surface area contributed by atoms with E-state index in [0.29, 0.717) is 32.0 Å². The number of benzene rings is 4. The minimum Gasteiger partial charge on any atom is -0.194 e. The summed E-state index contributed by atoms with van der Waals surface area (Å²) in [5, 5.41) is 0. The van der Waals surface area contributed by atoms with E-state index in [2.05, 4.69) is 0 Å². The molecule has 0 atom stereocenters. The molecule has 0 fully saturated rings. The molecule has 7 rings (SSSR count). The Kier molecular flexibility index (Phi) is 8.97. The second-order valence-corrected chi connectivity index (χ2v) is 17.7. The monoisotopic (exact) mass is 756 g/mol. The molecule has 0 spiro atoms. The van der Waals surface area contributed by atoms with Gasteiger partial charge in [-0.3, -0.25) is 0 Å². The molecular formula is C45H38F6S2. The molecule has 8 heteroatoms. The lowest BCUT2D eigenvalue weighted by Crippen LogP contribution is -2.48. The number of alkyl halides is 6. The summed E-state index contributed by atoms with van der Waals surface area (Å²) in [4.78, 5) is 1.40. The fraction of sp³-hybridized carbons (Fsp3) is 0.244. The molecule has 0 unspecified atom stereocenters. The van der Waals surface area contributed by atoms with Gasteiger partial charge in [0.25, 0.3) is 0 Å². The Bertz CT molecular complexity index is 2130. The molecule has 0 amide bonds. The molecule has 4 aromatic carbocycles. The third-order valence-corrected chi connectivity index (χ3v) is 12.3. The Labute approximate surface area is 314 Å². The summed E-state index contributed by atoms with van der Waals surface area (Å²) in [5.41, 5.74) is 0.357. The first-order valence-electron chi connectivity index (χ1n) is 17.3. The number of thiophene rings is 2. The first-order valence-corrected chi connectivity index (χ1v) is 19.0. The molecule has 0 saturated heterocycles. The van der Waals surface area contributed by atoms with E-state index in [1.165, 1.54) is 12.1 Å². The van der Waals surface area contributed by atoms with Crippen LogP contribution in [0.15, 0.2) is 121 Å². The average molecular weight is 757 g/mol. The van der Waals surface area contributed by atoms with Gasteiger partial charge in [-0.25, -0.2) is 0 Å². The quantitative estimate of drug-likeness (QED) is 0.149. The Morgan fingerprint density at radius 1 is 0.415 bits per heavy atom. The lowest BCUT2D eigenvalue weighted by Gasteiger charge is -2.26. The van der Waals surface area contributed by atoms with Crippen LogP contribution in [-0.4, -0.2) is 17.8 Å². The molecule has 1 aliphatic rings. The van der Waals surface area contributed by atoms with Gasteiger partial charge in [-0.1, -0.05) is 151 Å². The van der Waals surface area contributed by atoms with Gasteiger partial charge < -0.3 is 0 Å². The van der Waals surface area contributed by atoms with Crippen molar-refractivity contribution >= 4 is 33.8 Å². The van der Waals surface area contributed by atoms with Crippen LogP contribution in [0.25, 0.3) is 52.9 Å². The van der Waals surface area contributed by atoms with Crippen LogP contribution in [-0.2, 0) is 10.8 Å². The second-order valence-electron chi connectivity index (χ2n) is 15.6. The van der Waals surface area contributed by atoms with Crippen LogP contribution >= 0.6 is 22.7 Å². The first-order chi connectivity index (χ1) is 24.8. The van der Waals surface area contributed by atoms with E-state index in [1.807, 2.05) is 65.8 Å². The maximum absolute atomic E-state index is 16.6. The largest absolute Gasteiger partial charge is 0.380 e. The zero-order valence-electron chi connectivity index (χ0n) is 30.1. The lowest BCUT2D eigenvalue weighted by molar-refractivity contribution is -0.254. The molecule has 2 heterocycles. The highest BCUT2D eigenvalue weighted by Crippen LogP contribution is 2.67. The third kappa shape index (κ3) is 6.27. The summed E-state index contributed by atoms with van der Waals surface area (Å²) in [6.07, 6.45) is 0. The van der Waals surface area contributed by atoms with E-state index >= 15 is 26.3 Å². The van der Waals surface area contributed by atoms with E-state index in [0.717, 1.165) is 33.8 Å². The van der Waals surface area contributed by atoms with Crippen LogP contribution < -0.4 is 0 Å². The molecule has 2 aromatic heterocycles. The minimum atomic E-state index is -5.71. The van der Waals surface area contributed by atoms with Gasteiger partial charge in [0.15, 0.2) is 0 Å². The summed E-state index contributed by atoms with van der Waals surface area (Å²) in [6.45, 7) is 12.2. The molecule has 0 aliphatic heterocycles. The van der Waals surface area contributed by atoms with Crippen LogP contribution in [0.3, 0.4) is 0 Å². The minimum absolute atomic E-state index is 0.208. The first kappa shape index (κ1) is 36.9. The zero-order chi connectivity index (χ0) is 38.1. The van der Waals surface area contributed by atoms with Gasteiger partial charge in [0.2, 0.25) is 0 Å². The van der Waals surface area contributed by atoms with Crippen molar-refractivity contribution in [2.24, 2.45) is 0 Å². The molecule has 0 saturated carbocycles. The van der Waals surface area contributed by atoms with Gasteiger partial charge in [0.1, 0.15) is 0 Å². The highest BCUT2D eigenvalue weighted by Gasteiger charge is 2.80. The van der Waals surface area contributed by atoms with Gasteiger partial charge in [0, 0.05) is 41.8 Å². The fourth-order valence-electron chi connectivity index (χ4n) is 6.75. The maximum Gasteiger partial charge on any atom is 0.380 e. The fourth-order valence-corrected chi connectivity index (χ4v) is 9.10. The topological polar surface area (TPSA) is 0 Å². The van der Waals surface area contributed by atoms with Crippen molar-refractivity contribution in [2.45, 2.75) is 70.1 Å². The number of rotatable bonds is 6. The Morgan fingerprint density at radius 3 is 1.04 bits per heavy atom. The van der Waals surface area contributed by atoms with Gasteiger partial charge in [-0.2, -0.15) is 26.3 Å². The van der Waals surface area contributed by atoms with Crippen LogP contribution in [0.5, 0.6) is 0 Å². The third-order valence-electron chi connectivity index (χ3n) is 9.81. The van der Waals surface area contributed by atoms with E-state index < -0.39 is 28.9 Å². The lowest BCUT2D eigenvalue weighted by atomic mass is 9.86. The smallest absolute Gasteiger partial charge is 0.194 e. The summed E-state index contributed by atoms with van der Waals surface area (Å²) in [7, 11) is 0. The maximum atomic E-state index is 16.6.